The summed E-state index contributed by atoms with van der Waals surface area (Å²) in [6.07, 6.45) is 4.85. The van der Waals surface area contributed by atoms with Crippen LogP contribution in [0.25, 0.3) is 11.0 Å². The summed E-state index contributed by atoms with van der Waals surface area (Å²) in [6, 6.07) is 6.70. The Morgan fingerprint density at radius 3 is 2.88 bits per heavy atom. The average Bonchev–Trinajstić information content (AvgIpc) is 3.34. The van der Waals surface area contributed by atoms with Crippen LogP contribution >= 0.6 is 23.4 Å². The molecule has 7 heteroatoms. The summed E-state index contributed by atoms with van der Waals surface area (Å²) in [4.78, 5) is 22.4. The number of amides is 1. The predicted octanol–water partition coefficient (Wildman–Crippen LogP) is 3.05. The summed E-state index contributed by atoms with van der Waals surface area (Å²) in [5.41, 5.74) is 1.77. The van der Waals surface area contributed by atoms with Crippen LogP contribution in [0.4, 0.5) is 0 Å². The zero-order valence-corrected chi connectivity index (χ0v) is 15.0. The minimum absolute atomic E-state index is 0.0864. The van der Waals surface area contributed by atoms with Gasteiger partial charge in [-0.25, -0.2) is 4.98 Å². The van der Waals surface area contributed by atoms with E-state index in [9.17, 15) is 4.79 Å². The van der Waals surface area contributed by atoms with Crippen LogP contribution < -0.4 is 5.32 Å². The Bertz CT molecular complexity index is 737. The van der Waals surface area contributed by atoms with Crippen LogP contribution in [0.5, 0.6) is 0 Å². The summed E-state index contributed by atoms with van der Waals surface area (Å²) < 4.78 is 0. The number of fused-ring (bicyclic) bond motifs is 1. The topological polar surface area (TPSA) is 61.0 Å². The highest BCUT2D eigenvalue weighted by Gasteiger charge is 2.32. The van der Waals surface area contributed by atoms with Crippen LogP contribution in [-0.2, 0) is 4.79 Å². The van der Waals surface area contributed by atoms with Gasteiger partial charge in [0.1, 0.15) is 0 Å². The molecule has 0 spiro atoms. The zero-order valence-electron chi connectivity index (χ0n) is 13.4. The van der Waals surface area contributed by atoms with Crippen molar-refractivity contribution < 1.29 is 4.79 Å². The molecule has 1 saturated carbocycles. The fraction of sp³-hybridized carbons (Fsp3) is 0.529. The van der Waals surface area contributed by atoms with Crippen LogP contribution in [0.15, 0.2) is 23.4 Å². The van der Waals surface area contributed by atoms with Crippen molar-refractivity contribution in [1.82, 2.24) is 20.2 Å². The van der Waals surface area contributed by atoms with Gasteiger partial charge in [-0.05, 0) is 43.9 Å². The average molecular weight is 365 g/mol. The first-order valence-corrected chi connectivity index (χ1v) is 9.85. The molecule has 2 fully saturated rings. The third-order valence-corrected chi connectivity index (χ3v) is 5.83. The van der Waals surface area contributed by atoms with Gasteiger partial charge in [0, 0.05) is 30.2 Å². The molecule has 1 saturated heterocycles. The summed E-state index contributed by atoms with van der Waals surface area (Å²) in [5.74, 6) is 0.472. The molecule has 1 amide bonds. The molecule has 4 rings (SSSR count). The number of nitrogens with one attached hydrogen (secondary N) is 2. The number of aromatic nitrogens is 2. The van der Waals surface area contributed by atoms with E-state index in [0.29, 0.717) is 16.8 Å². The second kappa shape index (κ2) is 6.94. The number of hydrogen-bond donors (Lipinski definition) is 2. The minimum Gasteiger partial charge on any atom is -0.353 e. The van der Waals surface area contributed by atoms with Crippen molar-refractivity contribution in [3.8, 4) is 0 Å². The first-order valence-electron chi connectivity index (χ1n) is 8.49. The van der Waals surface area contributed by atoms with Crippen molar-refractivity contribution in [2.75, 3.05) is 18.8 Å². The second-order valence-corrected chi connectivity index (χ2v) is 8.00. The molecule has 2 N–H and O–H groups in total. The van der Waals surface area contributed by atoms with E-state index in [1.807, 2.05) is 18.2 Å². The SMILES string of the molecule is O=C(CSc1nc2ccc(Cl)cc2[nH]1)NC1CCN(C2CC2)CC1. The molecule has 2 heterocycles. The number of thioether (sulfide) groups is 1. The second-order valence-electron chi connectivity index (χ2n) is 6.60. The highest BCUT2D eigenvalue weighted by Crippen LogP contribution is 2.29. The van der Waals surface area contributed by atoms with Crippen molar-refractivity contribution in [3.63, 3.8) is 0 Å². The number of aromatic amines is 1. The minimum atomic E-state index is 0.0864. The monoisotopic (exact) mass is 364 g/mol. The molecule has 24 heavy (non-hydrogen) atoms. The molecule has 128 valence electrons. The molecule has 1 aliphatic heterocycles. The van der Waals surface area contributed by atoms with E-state index in [2.05, 4.69) is 20.2 Å². The van der Waals surface area contributed by atoms with E-state index in [4.69, 9.17) is 11.6 Å². The van der Waals surface area contributed by atoms with E-state index in [1.165, 1.54) is 24.6 Å². The molecule has 0 atom stereocenters. The van der Waals surface area contributed by atoms with Gasteiger partial charge < -0.3 is 15.2 Å². The number of likely N-dealkylation sites (tertiary alicyclic amines) is 1. The number of benzene rings is 1. The Morgan fingerprint density at radius 2 is 2.12 bits per heavy atom. The van der Waals surface area contributed by atoms with Crippen molar-refractivity contribution in [2.24, 2.45) is 0 Å². The molecule has 1 aromatic carbocycles. The van der Waals surface area contributed by atoms with Gasteiger partial charge in [0.15, 0.2) is 5.16 Å². The van der Waals surface area contributed by atoms with Gasteiger partial charge in [-0.15, -0.1) is 0 Å². The largest absolute Gasteiger partial charge is 0.353 e. The normalized spacial score (nSPS) is 19.7. The highest BCUT2D eigenvalue weighted by atomic mass is 35.5. The van der Waals surface area contributed by atoms with Gasteiger partial charge in [0.25, 0.3) is 0 Å². The Balaban J connectivity index is 1.25. The van der Waals surface area contributed by atoms with E-state index < -0.39 is 0 Å². The van der Waals surface area contributed by atoms with Crippen LogP contribution in [-0.4, -0.2) is 51.7 Å². The number of imidazole rings is 1. The molecule has 1 aliphatic carbocycles. The number of hydrogen-bond acceptors (Lipinski definition) is 4. The molecule has 0 unspecified atom stereocenters. The fourth-order valence-corrected chi connectivity index (χ4v) is 4.15. The van der Waals surface area contributed by atoms with Gasteiger partial charge in [0.05, 0.1) is 16.8 Å². The van der Waals surface area contributed by atoms with E-state index in [-0.39, 0.29) is 5.91 Å². The molecule has 2 aliphatic rings. The Labute approximate surface area is 150 Å². The third kappa shape index (κ3) is 3.87. The van der Waals surface area contributed by atoms with E-state index in [1.54, 1.807) is 0 Å². The molecule has 1 aromatic heterocycles. The zero-order chi connectivity index (χ0) is 16.5. The van der Waals surface area contributed by atoms with Gasteiger partial charge >= 0.3 is 0 Å². The van der Waals surface area contributed by atoms with Gasteiger partial charge in [-0.3, -0.25) is 4.79 Å². The van der Waals surface area contributed by atoms with Gasteiger partial charge in [-0.2, -0.15) is 0 Å². The number of halogens is 1. The van der Waals surface area contributed by atoms with Crippen LogP contribution in [0, 0.1) is 0 Å². The lowest BCUT2D eigenvalue weighted by Gasteiger charge is -2.32. The maximum Gasteiger partial charge on any atom is 0.230 e. The number of rotatable bonds is 5. The maximum absolute atomic E-state index is 12.2. The lowest BCUT2D eigenvalue weighted by atomic mass is 10.1. The first-order chi connectivity index (χ1) is 11.7. The standard InChI is InChI=1S/C17H21ClN4OS/c18-11-1-4-14-15(9-11)21-17(20-14)24-10-16(23)19-12-5-7-22(8-6-12)13-2-3-13/h1,4,9,12-13H,2-3,5-8,10H2,(H,19,23)(H,20,21). The van der Waals surface area contributed by atoms with Crippen molar-refractivity contribution in [1.29, 1.82) is 0 Å². The van der Waals surface area contributed by atoms with E-state index >= 15 is 0 Å². The lowest BCUT2D eigenvalue weighted by molar-refractivity contribution is -0.119. The van der Waals surface area contributed by atoms with Gasteiger partial charge in [-0.1, -0.05) is 23.4 Å². The summed E-state index contributed by atoms with van der Waals surface area (Å²) in [7, 11) is 0. The van der Waals surface area contributed by atoms with Gasteiger partial charge in [0.2, 0.25) is 5.91 Å². The maximum atomic E-state index is 12.2. The highest BCUT2D eigenvalue weighted by molar-refractivity contribution is 7.99. The number of H-pyrrole nitrogens is 1. The molecule has 0 bridgehead atoms. The third-order valence-electron chi connectivity index (χ3n) is 4.72. The summed E-state index contributed by atoms with van der Waals surface area (Å²) in [5, 5.41) is 4.60. The molecule has 5 nitrogen and oxygen atoms in total. The molecular weight excluding hydrogens is 344 g/mol. The van der Waals surface area contributed by atoms with Crippen LogP contribution in [0.1, 0.15) is 25.7 Å². The van der Waals surface area contributed by atoms with E-state index in [0.717, 1.165) is 48.2 Å². The van der Waals surface area contributed by atoms with Crippen molar-refractivity contribution >= 4 is 40.3 Å². The van der Waals surface area contributed by atoms with Crippen LogP contribution in [0.2, 0.25) is 5.02 Å². The predicted molar refractivity (Wildman–Crippen MR) is 97.6 cm³/mol. The quantitative estimate of drug-likeness (QED) is 0.800. The fourth-order valence-electron chi connectivity index (χ4n) is 3.28. The van der Waals surface area contributed by atoms with Crippen molar-refractivity contribution in [3.05, 3.63) is 23.2 Å². The first kappa shape index (κ1) is 16.2. The molecular formula is C17H21ClN4OS. The number of nitrogens with zero attached hydrogens (tertiary/aromatic N) is 2. The lowest BCUT2D eigenvalue weighted by Crippen LogP contribution is -2.45. The Hall–Kier alpha value is -1.24. The summed E-state index contributed by atoms with van der Waals surface area (Å²) >= 11 is 7.41. The molecule has 2 aromatic rings. The Kier molecular flexibility index (Phi) is 4.70. The number of carbonyl (C=O) groups is 1. The molecule has 0 radical (unpaired) electrons. The smallest absolute Gasteiger partial charge is 0.230 e. The van der Waals surface area contributed by atoms with Crippen LogP contribution in [0.3, 0.4) is 0 Å². The number of carbonyl (C=O) groups excluding carboxylic acids is 1. The van der Waals surface area contributed by atoms with Crippen molar-refractivity contribution in [2.45, 2.75) is 42.9 Å². The Morgan fingerprint density at radius 1 is 1.33 bits per heavy atom. The summed E-state index contributed by atoms with van der Waals surface area (Å²) in [6.45, 7) is 2.24. The number of piperidine rings is 1.